The van der Waals surface area contributed by atoms with Crippen molar-refractivity contribution in [3.8, 4) is 0 Å². The normalized spacial score (nSPS) is 15.5. The molecule has 4 rings (SSSR count). The Bertz CT molecular complexity index is 1120. The third kappa shape index (κ3) is 5.74. The van der Waals surface area contributed by atoms with E-state index in [0.717, 1.165) is 40.6 Å². The number of nitrogens with one attached hydrogen (secondary N) is 2. The molecule has 1 aromatic heterocycles. The molecule has 0 radical (unpaired) electrons. The lowest BCUT2D eigenvalue weighted by Gasteiger charge is -2.17. The van der Waals surface area contributed by atoms with Crippen LogP contribution in [-0.2, 0) is 16.0 Å². The molecule has 7 heteroatoms. The Morgan fingerprint density at radius 2 is 1.61 bits per heavy atom. The molecule has 1 fully saturated rings. The van der Waals surface area contributed by atoms with Crippen LogP contribution < -0.4 is 15.5 Å². The summed E-state index contributed by atoms with van der Waals surface area (Å²) in [5.41, 5.74) is 5.59. The Kier molecular flexibility index (Phi) is 6.68. The highest BCUT2D eigenvalue weighted by molar-refractivity contribution is 6.03. The zero-order chi connectivity index (χ0) is 23.4. The summed E-state index contributed by atoms with van der Waals surface area (Å²) >= 11 is 0. The minimum absolute atomic E-state index is 0.0219. The Morgan fingerprint density at radius 1 is 0.970 bits per heavy atom. The maximum absolute atomic E-state index is 12.7. The standard InChI is InChI=1S/C26H29N5O2/c1-17-4-10-23(11-5-17)31-16-20(15-25(31)32)26(33)30-22-8-6-21(7-9-22)27-13-12-24-28-18(2)14-19(3)29-24/h4-11,14,20,27H,12-13,15-16H2,1-3H3,(H,30,33). The van der Waals surface area contributed by atoms with Gasteiger partial charge in [0.25, 0.3) is 0 Å². The fourth-order valence-corrected chi connectivity index (χ4v) is 4.00. The molecule has 1 aliphatic rings. The van der Waals surface area contributed by atoms with Crippen LogP contribution in [0.3, 0.4) is 0 Å². The molecule has 2 N–H and O–H groups in total. The molecule has 2 amide bonds. The van der Waals surface area contributed by atoms with Crippen LogP contribution in [0.4, 0.5) is 17.1 Å². The van der Waals surface area contributed by atoms with Crippen molar-refractivity contribution in [1.82, 2.24) is 9.97 Å². The first kappa shape index (κ1) is 22.5. The molecular weight excluding hydrogens is 414 g/mol. The second-order valence-electron chi connectivity index (χ2n) is 8.55. The van der Waals surface area contributed by atoms with Crippen molar-refractivity contribution < 1.29 is 9.59 Å². The van der Waals surface area contributed by atoms with Gasteiger partial charge in [0.05, 0.1) is 5.92 Å². The van der Waals surface area contributed by atoms with Crippen molar-refractivity contribution in [2.45, 2.75) is 33.6 Å². The Labute approximate surface area is 194 Å². The number of carbonyl (C=O) groups is 2. The van der Waals surface area contributed by atoms with Crippen LogP contribution in [0.1, 0.15) is 29.2 Å². The largest absolute Gasteiger partial charge is 0.385 e. The quantitative estimate of drug-likeness (QED) is 0.575. The van der Waals surface area contributed by atoms with Gasteiger partial charge in [0.2, 0.25) is 11.8 Å². The van der Waals surface area contributed by atoms with Crippen molar-refractivity contribution in [2.24, 2.45) is 5.92 Å². The van der Waals surface area contributed by atoms with Crippen LogP contribution in [0.5, 0.6) is 0 Å². The maximum atomic E-state index is 12.7. The molecule has 3 aromatic rings. The van der Waals surface area contributed by atoms with Gasteiger partial charge in [0, 0.05) is 54.4 Å². The first-order chi connectivity index (χ1) is 15.9. The molecule has 2 heterocycles. The maximum Gasteiger partial charge on any atom is 0.229 e. The molecule has 0 saturated carbocycles. The summed E-state index contributed by atoms with van der Waals surface area (Å²) in [5, 5.41) is 6.30. The number of aryl methyl sites for hydroxylation is 3. The van der Waals surface area contributed by atoms with Gasteiger partial charge in [-0.3, -0.25) is 9.59 Å². The Balaban J connectivity index is 1.28. The fraction of sp³-hybridized carbons (Fsp3) is 0.308. The van der Waals surface area contributed by atoms with Crippen molar-refractivity contribution in [2.75, 3.05) is 28.6 Å². The van der Waals surface area contributed by atoms with E-state index in [1.165, 1.54) is 0 Å². The molecule has 1 saturated heterocycles. The van der Waals surface area contributed by atoms with Gasteiger partial charge in [-0.1, -0.05) is 17.7 Å². The van der Waals surface area contributed by atoms with Gasteiger partial charge < -0.3 is 15.5 Å². The number of hydrogen-bond donors (Lipinski definition) is 2. The van der Waals surface area contributed by atoms with Gasteiger partial charge in [-0.2, -0.15) is 0 Å². The second-order valence-corrected chi connectivity index (χ2v) is 8.55. The summed E-state index contributed by atoms with van der Waals surface area (Å²) in [5.74, 6) is 0.307. The monoisotopic (exact) mass is 443 g/mol. The topological polar surface area (TPSA) is 87.2 Å². The number of nitrogens with zero attached hydrogens (tertiary/aromatic N) is 3. The van der Waals surface area contributed by atoms with Gasteiger partial charge >= 0.3 is 0 Å². The molecule has 33 heavy (non-hydrogen) atoms. The average molecular weight is 444 g/mol. The number of anilines is 3. The van der Waals surface area contributed by atoms with Gasteiger partial charge in [0.1, 0.15) is 5.82 Å². The number of benzene rings is 2. The second kappa shape index (κ2) is 9.81. The van der Waals surface area contributed by atoms with Gasteiger partial charge in [-0.05, 0) is 63.2 Å². The van der Waals surface area contributed by atoms with Crippen LogP contribution in [0.2, 0.25) is 0 Å². The number of amides is 2. The summed E-state index contributed by atoms with van der Waals surface area (Å²) in [6.07, 6.45) is 0.952. The minimum Gasteiger partial charge on any atom is -0.385 e. The van der Waals surface area contributed by atoms with Crippen molar-refractivity contribution in [3.05, 3.63) is 77.4 Å². The highest BCUT2D eigenvalue weighted by Gasteiger charge is 2.35. The van der Waals surface area contributed by atoms with Crippen LogP contribution in [-0.4, -0.2) is 34.9 Å². The molecule has 2 aromatic carbocycles. The van der Waals surface area contributed by atoms with Crippen molar-refractivity contribution >= 4 is 28.9 Å². The third-order valence-electron chi connectivity index (χ3n) is 5.70. The molecule has 0 bridgehead atoms. The number of hydrogen-bond acceptors (Lipinski definition) is 5. The van der Waals surface area contributed by atoms with Gasteiger partial charge in [0.15, 0.2) is 0 Å². The zero-order valence-electron chi connectivity index (χ0n) is 19.3. The molecular formula is C26H29N5O2. The van der Waals surface area contributed by atoms with Crippen LogP contribution in [0.15, 0.2) is 54.6 Å². The summed E-state index contributed by atoms with van der Waals surface area (Å²) in [7, 11) is 0. The lowest BCUT2D eigenvalue weighted by molar-refractivity contribution is -0.122. The van der Waals surface area contributed by atoms with E-state index < -0.39 is 0 Å². The molecule has 0 aliphatic carbocycles. The van der Waals surface area contributed by atoms with Crippen LogP contribution >= 0.6 is 0 Å². The molecule has 1 aliphatic heterocycles. The van der Waals surface area contributed by atoms with E-state index in [-0.39, 0.29) is 24.2 Å². The van der Waals surface area contributed by atoms with E-state index >= 15 is 0 Å². The van der Waals surface area contributed by atoms with Gasteiger partial charge in [-0.25, -0.2) is 9.97 Å². The highest BCUT2D eigenvalue weighted by atomic mass is 16.2. The fourth-order valence-electron chi connectivity index (χ4n) is 4.00. The molecule has 1 unspecified atom stereocenters. The summed E-state index contributed by atoms with van der Waals surface area (Å²) in [6.45, 7) is 7.06. The van der Waals surface area contributed by atoms with Crippen molar-refractivity contribution in [1.29, 1.82) is 0 Å². The minimum atomic E-state index is -0.366. The van der Waals surface area contributed by atoms with Crippen LogP contribution in [0, 0.1) is 26.7 Å². The smallest absolute Gasteiger partial charge is 0.229 e. The van der Waals surface area contributed by atoms with E-state index in [1.807, 2.05) is 75.4 Å². The molecule has 7 nitrogen and oxygen atoms in total. The highest BCUT2D eigenvalue weighted by Crippen LogP contribution is 2.26. The Morgan fingerprint density at radius 3 is 2.27 bits per heavy atom. The van der Waals surface area contributed by atoms with E-state index in [0.29, 0.717) is 18.8 Å². The van der Waals surface area contributed by atoms with Crippen molar-refractivity contribution in [3.63, 3.8) is 0 Å². The first-order valence-electron chi connectivity index (χ1n) is 11.2. The summed E-state index contributed by atoms with van der Waals surface area (Å²) in [6, 6.07) is 17.3. The zero-order valence-corrected chi connectivity index (χ0v) is 19.3. The number of carbonyl (C=O) groups excluding carboxylic acids is 2. The Hall–Kier alpha value is -3.74. The molecule has 0 spiro atoms. The third-order valence-corrected chi connectivity index (χ3v) is 5.70. The predicted octanol–water partition coefficient (Wildman–Crippen LogP) is 4.05. The van der Waals surface area contributed by atoms with Gasteiger partial charge in [-0.15, -0.1) is 0 Å². The van der Waals surface area contributed by atoms with E-state index in [1.54, 1.807) is 4.90 Å². The first-order valence-corrected chi connectivity index (χ1v) is 11.2. The average Bonchev–Trinajstić information content (AvgIpc) is 3.17. The summed E-state index contributed by atoms with van der Waals surface area (Å²) in [4.78, 5) is 35.8. The van der Waals surface area contributed by atoms with E-state index in [4.69, 9.17) is 0 Å². The predicted molar refractivity (Wildman–Crippen MR) is 130 cm³/mol. The SMILES string of the molecule is Cc1ccc(N2CC(C(=O)Nc3ccc(NCCc4nc(C)cc(C)n4)cc3)CC2=O)cc1. The lowest BCUT2D eigenvalue weighted by Crippen LogP contribution is -2.28. The number of aromatic nitrogens is 2. The van der Waals surface area contributed by atoms with Crippen LogP contribution in [0.25, 0.3) is 0 Å². The number of rotatable bonds is 7. The molecule has 1 atom stereocenters. The van der Waals surface area contributed by atoms with E-state index in [2.05, 4.69) is 20.6 Å². The van der Waals surface area contributed by atoms with E-state index in [9.17, 15) is 9.59 Å². The summed E-state index contributed by atoms with van der Waals surface area (Å²) < 4.78 is 0. The lowest BCUT2D eigenvalue weighted by atomic mass is 10.1. The molecule has 170 valence electrons.